The van der Waals surface area contributed by atoms with Crippen LogP contribution in [0, 0.1) is 0 Å². The summed E-state index contributed by atoms with van der Waals surface area (Å²) in [7, 11) is 0. The number of aromatic nitrogens is 2. The van der Waals surface area contributed by atoms with Gasteiger partial charge >= 0.3 is 6.09 Å². The zero-order valence-corrected chi connectivity index (χ0v) is 18.8. The number of nitrogens with zero attached hydrogens (tertiary/aromatic N) is 4. The lowest BCUT2D eigenvalue weighted by molar-refractivity contribution is 0.0248. The first-order valence-corrected chi connectivity index (χ1v) is 10.9. The number of anilines is 3. The second kappa shape index (κ2) is 7.60. The number of ether oxygens (including phenoxy) is 2. The van der Waals surface area contributed by atoms with Crippen LogP contribution >= 0.6 is 11.6 Å². The molecule has 0 spiro atoms. The first kappa shape index (κ1) is 21.0. The Hall–Kier alpha value is -2.91. The number of pyridine rings is 2. The fraction of sp³-hybridized carbons (Fsp3) is 0.455. The molecule has 3 aliphatic heterocycles. The number of hydrogen-bond donors (Lipinski definition) is 1. The van der Waals surface area contributed by atoms with Crippen LogP contribution < -0.4 is 10.2 Å². The van der Waals surface area contributed by atoms with Gasteiger partial charge in [-0.15, -0.1) is 0 Å². The molecule has 0 saturated carbocycles. The summed E-state index contributed by atoms with van der Waals surface area (Å²) in [4.78, 5) is 37.6. The fourth-order valence-electron chi connectivity index (χ4n) is 4.33. The van der Waals surface area contributed by atoms with E-state index in [0.29, 0.717) is 34.8 Å². The van der Waals surface area contributed by atoms with E-state index in [0.717, 1.165) is 30.2 Å². The van der Waals surface area contributed by atoms with E-state index >= 15 is 0 Å². The zero-order chi connectivity index (χ0) is 22.6. The second-order valence-electron chi connectivity index (χ2n) is 9.21. The molecule has 2 saturated heterocycles. The molecule has 2 aromatic rings. The molecule has 5 rings (SSSR count). The van der Waals surface area contributed by atoms with E-state index < -0.39 is 17.6 Å². The maximum atomic E-state index is 13.0. The molecule has 9 nitrogen and oxygen atoms in total. The van der Waals surface area contributed by atoms with Gasteiger partial charge in [-0.2, -0.15) is 0 Å². The first-order valence-electron chi connectivity index (χ1n) is 10.5. The Bertz CT molecular complexity index is 1080. The van der Waals surface area contributed by atoms with Gasteiger partial charge in [-0.3, -0.25) is 4.79 Å². The smallest absolute Gasteiger partial charge is 0.417 e. The molecule has 2 aromatic heterocycles. The highest BCUT2D eigenvalue weighted by molar-refractivity contribution is 6.31. The third-order valence-corrected chi connectivity index (χ3v) is 6.08. The number of carbonyl (C=O) groups excluding carboxylic acids is 2. The van der Waals surface area contributed by atoms with Gasteiger partial charge in [0.05, 0.1) is 54.6 Å². The standard InChI is InChI=1S/C22H24ClN5O4/c1-22(2,3)32-21(30)28-10-15-18(20(28)29)16(8-25-19(15)23)26-17-5-4-12(7-24-17)27-9-14-6-13(27)11-31-14/h4-5,7-8,13-14H,6,9-11H2,1-3H3,(H,24,26)/t13-,14-/m0/s1. The van der Waals surface area contributed by atoms with E-state index in [-0.39, 0.29) is 11.7 Å². The summed E-state index contributed by atoms with van der Waals surface area (Å²) in [6.45, 7) is 6.88. The highest BCUT2D eigenvalue weighted by atomic mass is 35.5. The molecular weight excluding hydrogens is 434 g/mol. The van der Waals surface area contributed by atoms with Gasteiger partial charge in [-0.1, -0.05) is 11.6 Å². The lowest BCUT2D eigenvalue weighted by Gasteiger charge is -2.28. The van der Waals surface area contributed by atoms with Crippen molar-refractivity contribution in [3.05, 3.63) is 40.8 Å². The van der Waals surface area contributed by atoms with Gasteiger partial charge < -0.3 is 19.7 Å². The van der Waals surface area contributed by atoms with Crippen LogP contribution in [0.3, 0.4) is 0 Å². The number of halogens is 1. The molecule has 2 bridgehead atoms. The largest absolute Gasteiger partial charge is 0.443 e. The summed E-state index contributed by atoms with van der Waals surface area (Å²) in [5.74, 6) is 0.0787. The fourth-order valence-corrected chi connectivity index (χ4v) is 4.53. The van der Waals surface area contributed by atoms with Gasteiger partial charge in [0.25, 0.3) is 5.91 Å². The van der Waals surface area contributed by atoms with E-state index in [1.54, 1.807) is 27.0 Å². The average molecular weight is 458 g/mol. The molecule has 32 heavy (non-hydrogen) atoms. The summed E-state index contributed by atoms with van der Waals surface area (Å²) < 4.78 is 11.0. The van der Waals surface area contributed by atoms with Crippen molar-refractivity contribution in [1.29, 1.82) is 0 Å². The summed E-state index contributed by atoms with van der Waals surface area (Å²) in [6, 6.07) is 4.25. The highest BCUT2D eigenvalue weighted by Crippen LogP contribution is 2.36. The third-order valence-electron chi connectivity index (χ3n) is 5.76. The zero-order valence-electron chi connectivity index (χ0n) is 18.1. The molecule has 2 amide bonds. The molecule has 5 heterocycles. The van der Waals surface area contributed by atoms with Crippen molar-refractivity contribution >= 4 is 40.8 Å². The number of rotatable bonds is 3. The summed E-state index contributed by atoms with van der Waals surface area (Å²) in [5.41, 5.74) is 1.54. The van der Waals surface area contributed by atoms with Crippen LogP contribution in [0.2, 0.25) is 5.15 Å². The number of amides is 2. The number of carbonyl (C=O) groups is 2. The summed E-state index contributed by atoms with van der Waals surface area (Å²) >= 11 is 6.24. The summed E-state index contributed by atoms with van der Waals surface area (Å²) in [6.07, 6.45) is 3.93. The van der Waals surface area contributed by atoms with Crippen LogP contribution in [0.4, 0.5) is 22.0 Å². The third kappa shape index (κ3) is 3.75. The molecule has 1 N–H and O–H groups in total. The van der Waals surface area contributed by atoms with E-state index in [4.69, 9.17) is 21.1 Å². The van der Waals surface area contributed by atoms with Crippen LogP contribution in [-0.4, -0.2) is 57.8 Å². The van der Waals surface area contributed by atoms with Crippen LogP contribution in [-0.2, 0) is 16.0 Å². The van der Waals surface area contributed by atoms with Gasteiger partial charge in [-0.25, -0.2) is 19.7 Å². The quantitative estimate of drug-likeness (QED) is 0.696. The van der Waals surface area contributed by atoms with Crippen LogP contribution in [0.25, 0.3) is 0 Å². The number of imide groups is 1. The Labute approximate surface area is 190 Å². The number of hydrogen-bond acceptors (Lipinski definition) is 8. The van der Waals surface area contributed by atoms with Crippen molar-refractivity contribution in [3.63, 3.8) is 0 Å². The van der Waals surface area contributed by atoms with Gasteiger partial charge in [0.2, 0.25) is 0 Å². The van der Waals surface area contributed by atoms with E-state index in [9.17, 15) is 9.59 Å². The minimum Gasteiger partial charge on any atom is -0.443 e. The monoisotopic (exact) mass is 457 g/mol. The molecule has 10 heteroatoms. The normalized spacial score (nSPS) is 21.8. The number of fused-ring (bicyclic) bond motifs is 3. The Morgan fingerprint density at radius 3 is 2.72 bits per heavy atom. The molecule has 3 aliphatic rings. The molecule has 0 aliphatic carbocycles. The van der Waals surface area contributed by atoms with Crippen molar-refractivity contribution in [1.82, 2.24) is 14.9 Å². The van der Waals surface area contributed by atoms with Crippen molar-refractivity contribution in [2.45, 2.75) is 51.5 Å². The van der Waals surface area contributed by atoms with E-state index in [1.807, 2.05) is 12.1 Å². The minimum absolute atomic E-state index is 0.0103. The lowest BCUT2D eigenvalue weighted by atomic mass is 10.1. The van der Waals surface area contributed by atoms with E-state index in [1.165, 1.54) is 6.20 Å². The molecule has 0 radical (unpaired) electrons. The molecule has 168 valence electrons. The summed E-state index contributed by atoms with van der Waals surface area (Å²) in [5, 5.41) is 3.33. The number of morpholine rings is 1. The van der Waals surface area contributed by atoms with Crippen LogP contribution in [0.5, 0.6) is 0 Å². The minimum atomic E-state index is -0.720. The second-order valence-corrected chi connectivity index (χ2v) is 9.57. The van der Waals surface area contributed by atoms with Gasteiger partial charge in [0, 0.05) is 12.1 Å². The Morgan fingerprint density at radius 2 is 2.09 bits per heavy atom. The SMILES string of the molecule is CC(C)(C)OC(=O)N1Cc2c(Cl)ncc(Nc3ccc(N4C[C@@H]5C[C@H]4CO5)cn3)c2C1=O. The average Bonchev–Trinajstić information content (AvgIpc) is 3.44. The molecule has 0 aromatic carbocycles. The Morgan fingerprint density at radius 1 is 1.28 bits per heavy atom. The van der Waals surface area contributed by atoms with E-state index in [2.05, 4.69) is 20.2 Å². The number of nitrogens with one attached hydrogen (secondary N) is 1. The maximum Gasteiger partial charge on any atom is 0.417 e. The van der Waals surface area contributed by atoms with Crippen LogP contribution in [0.1, 0.15) is 43.1 Å². The van der Waals surface area contributed by atoms with Crippen molar-refractivity contribution in [3.8, 4) is 0 Å². The van der Waals surface area contributed by atoms with Gasteiger partial charge in [0.1, 0.15) is 16.6 Å². The molecule has 2 fully saturated rings. The van der Waals surface area contributed by atoms with Crippen LogP contribution in [0.15, 0.2) is 24.5 Å². The lowest BCUT2D eigenvalue weighted by Crippen LogP contribution is -2.37. The topological polar surface area (TPSA) is 96.9 Å². The molecular formula is C22H24ClN5O4. The van der Waals surface area contributed by atoms with Crippen molar-refractivity contribution in [2.24, 2.45) is 0 Å². The van der Waals surface area contributed by atoms with Gasteiger partial charge in [0.15, 0.2) is 0 Å². The van der Waals surface area contributed by atoms with Crippen molar-refractivity contribution in [2.75, 3.05) is 23.4 Å². The molecule has 2 atom stereocenters. The highest BCUT2D eigenvalue weighted by Gasteiger charge is 2.40. The maximum absolute atomic E-state index is 13.0. The molecule has 0 unspecified atom stereocenters. The van der Waals surface area contributed by atoms with Gasteiger partial charge in [-0.05, 0) is 39.3 Å². The Kier molecular flexibility index (Phi) is 4.98. The predicted molar refractivity (Wildman–Crippen MR) is 118 cm³/mol. The first-order chi connectivity index (χ1) is 15.2. The van der Waals surface area contributed by atoms with Crippen molar-refractivity contribution < 1.29 is 19.1 Å². The predicted octanol–water partition coefficient (Wildman–Crippen LogP) is 3.74. The Balaban J connectivity index is 1.36.